The van der Waals surface area contributed by atoms with Crippen molar-refractivity contribution in [2.24, 2.45) is 0 Å². The first kappa shape index (κ1) is 14.2. The van der Waals surface area contributed by atoms with Gasteiger partial charge in [0.2, 0.25) is 0 Å². The molecule has 0 bridgehead atoms. The molecule has 0 unspecified atom stereocenters. The molecule has 1 rings (SSSR count). The summed E-state index contributed by atoms with van der Waals surface area (Å²) in [6.45, 7) is 0. The minimum Gasteiger partial charge on any atom is -1.00 e. The van der Waals surface area contributed by atoms with Gasteiger partial charge in [0.25, 0.3) is 0 Å². The summed E-state index contributed by atoms with van der Waals surface area (Å²) in [4.78, 5) is 0. The molecule has 0 radical (unpaired) electrons. The summed E-state index contributed by atoms with van der Waals surface area (Å²) in [5.41, 5.74) is 0. The monoisotopic (exact) mass is 294 g/mol. The van der Waals surface area contributed by atoms with E-state index in [2.05, 4.69) is 22.6 Å². The molecule has 0 spiro atoms. The molecule has 0 aliphatic carbocycles. The van der Waals surface area contributed by atoms with Crippen molar-refractivity contribution in [3.05, 3.63) is 27.8 Å². The van der Waals surface area contributed by atoms with Crippen molar-refractivity contribution in [2.75, 3.05) is 0 Å². The number of rotatable bonds is 0. The van der Waals surface area contributed by atoms with E-state index in [1.807, 2.05) is 12.1 Å². The van der Waals surface area contributed by atoms with Gasteiger partial charge < -0.3 is 17.5 Å². The van der Waals surface area contributed by atoms with Gasteiger partial charge in [0.15, 0.2) is 0 Å². The Labute approximate surface area is 123 Å². The average molecular weight is 295 g/mol. The summed E-state index contributed by atoms with van der Waals surface area (Å²) < 4.78 is 0.894. The molecule has 4 heteroatoms. The Morgan fingerprint density at radius 3 is 2.00 bits per heavy atom. The molecule has 0 heterocycles. The maximum Gasteiger partial charge on any atom is 1.00 e. The van der Waals surface area contributed by atoms with Gasteiger partial charge in [-0.15, -0.1) is 0 Å². The van der Waals surface area contributed by atoms with Crippen LogP contribution in [0.3, 0.4) is 0 Å². The first-order chi connectivity index (χ1) is 3.80. The summed E-state index contributed by atoms with van der Waals surface area (Å²) in [7, 11) is 0. The molecule has 50 valence electrons. The fourth-order valence-electron chi connectivity index (χ4n) is 0.452. The molecule has 0 aliphatic rings. The zero-order valence-corrected chi connectivity index (χ0v) is 11.5. The molecular weight excluding hydrogens is 290 g/mol. The molecule has 0 fully saturated rings. The van der Waals surface area contributed by atoms with Gasteiger partial charge in [-0.1, -0.05) is 12.1 Å². The maximum absolute atomic E-state index is 8.91. The first-order valence-electron chi connectivity index (χ1n) is 2.24. The molecule has 0 aliphatic heterocycles. The Balaban J connectivity index is 0. The van der Waals surface area contributed by atoms with Crippen molar-refractivity contribution < 1.29 is 68.9 Å². The Morgan fingerprint density at radius 2 is 1.70 bits per heavy atom. The van der Waals surface area contributed by atoms with E-state index in [-0.39, 0.29) is 63.8 Å². The van der Waals surface area contributed by atoms with Crippen LogP contribution in [0.4, 0.5) is 0 Å². The van der Waals surface area contributed by atoms with Crippen LogP contribution in [0.1, 0.15) is 0 Å². The van der Waals surface area contributed by atoms with Gasteiger partial charge in [0.05, 0.1) is 3.57 Å². The van der Waals surface area contributed by atoms with Gasteiger partial charge in [-0.05, 0) is 34.7 Å². The number of phenolic OH excluding ortho intramolecular Hbond substituents is 1. The van der Waals surface area contributed by atoms with Crippen LogP contribution in [-0.2, 0) is 0 Å². The SMILES string of the molecule is Oc1ccccc1I.[Cl-].[K+]. The molecule has 0 saturated heterocycles. The van der Waals surface area contributed by atoms with E-state index in [9.17, 15) is 0 Å². The van der Waals surface area contributed by atoms with E-state index in [1.165, 1.54) is 0 Å². The number of aromatic hydroxyl groups is 1. The van der Waals surface area contributed by atoms with Crippen LogP contribution < -0.4 is 63.8 Å². The van der Waals surface area contributed by atoms with Gasteiger partial charge >= 0.3 is 51.4 Å². The largest absolute Gasteiger partial charge is 1.00 e. The van der Waals surface area contributed by atoms with Gasteiger partial charge in [0, 0.05) is 0 Å². The third kappa shape index (κ3) is 4.53. The number of halogens is 2. The van der Waals surface area contributed by atoms with Crippen LogP contribution in [0.15, 0.2) is 24.3 Å². The third-order valence-corrected chi connectivity index (χ3v) is 1.76. The Hall–Kier alpha value is 1.68. The molecule has 1 aromatic rings. The van der Waals surface area contributed by atoms with Crippen LogP contribution in [0.2, 0.25) is 0 Å². The number of hydrogen-bond donors (Lipinski definition) is 1. The molecule has 0 aromatic heterocycles. The second-order valence-electron chi connectivity index (χ2n) is 1.45. The number of benzene rings is 1. The molecular formula is C6H5ClIKO. The summed E-state index contributed by atoms with van der Waals surface area (Å²) in [5.74, 6) is 0.355. The standard InChI is InChI=1S/C6H5IO.ClH.K/c7-5-3-1-2-4-6(5)8;;/h1-4,8H;1H;/q;;+1/p-1. The summed E-state index contributed by atoms with van der Waals surface area (Å²) in [6, 6.07) is 7.22. The molecule has 0 saturated carbocycles. The Morgan fingerprint density at radius 1 is 1.20 bits per heavy atom. The second-order valence-corrected chi connectivity index (χ2v) is 2.61. The van der Waals surface area contributed by atoms with E-state index in [1.54, 1.807) is 12.1 Å². The van der Waals surface area contributed by atoms with E-state index in [4.69, 9.17) is 5.11 Å². The van der Waals surface area contributed by atoms with Crippen molar-refractivity contribution >= 4 is 22.6 Å². The molecule has 10 heavy (non-hydrogen) atoms. The molecule has 1 N–H and O–H groups in total. The van der Waals surface area contributed by atoms with Gasteiger partial charge in [-0.25, -0.2) is 0 Å². The summed E-state index contributed by atoms with van der Waals surface area (Å²) in [6.07, 6.45) is 0. The quantitative estimate of drug-likeness (QED) is 0.382. The van der Waals surface area contributed by atoms with Crippen molar-refractivity contribution in [1.82, 2.24) is 0 Å². The minimum absolute atomic E-state index is 0. The van der Waals surface area contributed by atoms with Crippen molar-refractivity contribution in [2.45, 2.75) is 0 Å². The van der Waals surface area contributed by atoms with Crippen LogP contribution in [0, 0.1) is 3.57 Å². The number of phenols is 1. The van der Waals surface area contributed by atoms with Crippen molar-refractivity contribution in [1.29, 1.82) is 0 Å². The molecule has 1 nitrogen and oxygen atoms in total. The zero-order chi connectivity index (χ0) is 5.98. The van der Waals surface area contributed by atoms with E-state index in [0.717, 1.165) is 3.57 Å². The maximum atomic E-state index is 8.91. The molecule has 1 aromatic carbocycles. The fourth-order valence-corrected chi connectivity index (χ4v) is 0.839. The van der Waals surface area contributed by atoms with E-state index in [0.29, 0.717) is 5.75 Å². The van der Waals surface area contributed by atoms with E-state index >= 15 is 0 Å². The van der Waals surface area contributed by atoms with Crippen LogP contribution in [-0.4, -0.2) is 5.11 Å². The normalized spacial score (nSPS) is 7.30. The van der Waals surface area contributed by atoms with Crippen LogP contribution in [0.25, 0.3) is 0 Å². The Bertz CT molecular complexity index is 174. The summed E-state index contributed by atoms with van der Waals surface area (Å²) in [5, 5.41) is 8.91. The average Bonchev–Trinajstić information content (AvgIpc) is 1.77. The predicted molar refractivity (Wildman–Crippen MR) is 40.8 cm³/mol. The number of para-hydroxylation sites is 1. The zero-order valence-electron chi connectivity index (χ0n) is 5.51. The van der Waals surface area contributed by atoms with Gasteiger partial charge in [-0.2, -0.15) is 0 Å². The third-order valence-electron chi connectivity index (χ3n) is 0.852. The summed E-state index contributed by atoms with van der Waals surface area (Å²) >= 11 is 2.07. The predicted octanol–water partition coefficient (Wildman–Crippen LogP) is -4.00. The van der Waals surface area contributed by atoms with Crippen LogP contribution >= 0.6 is 22.6 Å². The minimum atomic E-state index is 0. The van der Waals surface area contributed by atoms with Gasteiger partial charge in [-0.3, -0.25) is 0 Å². The molecule has 0 amide bonds. The molecule has 0 atom stereocenters. The number of hydrogen-bond acceptors (Lipinski definition) is 1. The van der Waals surface area contributed by atoms with Crippen molar-refractivity contribution in [3.63, 3.8) is 0 Å². The smallest absolute Gasteiger partial charge is 1.00 e. The second kappa shape index (κ2) is 7.33. The van der Waals surface area contributed by atoms with E-state index < -0.39 is 0 Å². The topological polar surface area (TPSA) is 20.2 Å². The first-order valence-corrected chi connectivity index (χ1v) is 3.32. The Kier molecular flexibility index (Phi) is 10.4. The van der Waals surface area contributed by atoms with Crippen LogP contribution in [0.5, 0.6) is 5.75 Å². The van der Waals surface area contributed by atoms with Gasteiger partial charge in [0.1, 0.15) is 5.75 Å². The van der Waals surface area contributed by atoms with Crippen molar-refractivity contribution in [3.8, 4) is 5.75 Å². The fraction of sp³-hybridized carbons (Fsp3) is 0.